The molecule has 0 aliphatic heterocycles. The second kappa shape index (κ2) is 8.28. The van der Waals surface area contributed by atoms with Crippen LogP contribution in [-0.2, 0) is 12.8 Å². The maximum absolute atomic E-state index is 2.47. The van der Waals surface area contributed by atoms with Gasteiger partial charge in [0.15, 0.2) is 0 Å². The van der Waals surface area contributed by atoms with Gasteiger partial charge in [-0.25, -0.2) is 0 Å². The van der Waals surface area contributed by atoms with Crippen LogP contribution in [0.1, 0.15) is 107 Å². The van der Waals surface area contributed by atoms with Crippen molar-refractivity contribution in [1.82, 2.24) is 0 Å². The zero-order chi connectivity index (χ0) is 18.7. The number of rotatable bonds is 9. The van der Waals surface area contributed by atoms with Crippen molar-refractivity contribution in [2.75, 3.05) is 0 Å². The van der Waals surface area contributed by atoms with Crippen LogP contribution in [0.3, 0.4) is 0 Å². The van der Waals surface area contributed by atoms with Gasteiger partial charge >= 0.3 is 0 Å². The molecule has 0 N–H and O–H groups in total. The normalized spacial score (nSPS) is 16.3. The molecule has 0 heterocycles. The molecule has 1 aromatic carbocycles. The number of aryl methyl sites for hydroxylation is 2. The summed E-state index contributed by atoms with van der Waals surface area (Å²) in [4.78, 5) is 0. The van der Waals surface area contributed by atoms with Gasteiger partial charge in [-0.3, -0.25) is 0 Å². The summed E-state index contributed by atoms with van der Waals surface area (Å²) in [6.07, 6.45) is 13.8. The maximum Gasteiger partial charge on any atom is -0.0273 e. The smallest absolute Gasteiger partial charge is 0.0273 e. The van der Waals surface area contributed by atoms with Crippen LogP contribution in [-0.4, -0.2) is 0 Å². The van der Waals surface area contributed by atoms with Gasteiger partial charge < -0.3 is 0 Å². The quantitative estimate of drug-likeness (QED) is 0.400. The van der Waals surface area contributed by atoms with Gasteiger partial charge in [0.2, 0.25) is 0 Å². The van der Waals surface area contributed by atoms with Crippen molar-refractivity contribution in [1.29, 1.82) is 0 Å². The Kier molecular flexibility index (Phi) is 6.80. The van der Waals surface area contributed by atoms with E-state index in [1.54, 1.807) is 16.7 Å². The van der Waals surface area contributed by atoms with Crippen LogP contribution < -0.4 is 0 Å². The van der Waals surface area contributed by atoms with Crippen LogP contribution in [0.2, 0.25) is 0 Å². The molecule has 0 unspecified atom stereocenters. The number of benzene rings is 1. The first-order valence-electron chi connectivity index (χ1n) is 10.7. The van der Waals surface area contributed by atoms with Crippen molar-refractivity contribution in [3.63, 3.8) is 0 Å². The zero-order valence-corrected chi connectivity index (χ0v) is 18.1. The van der Waals surface area contributed by atoms with E-state index in [0.717, 1.165) is 0 Å². The van der Waals surface area contributed by atoms with E-state index in [-0.39, 0.29) is 0 Å². The third-order valence-corrected chi connectivity index (χ3v) is 6.48. The van der Waals surface area contributed by atoms with E-state index in [0.29, 0.717) is 10.8 Å². The van der Waals surface area contributed by atoms with Crippen molar-refractivity contribution < 1.29 is 0 Å². The lowest BCUT2D eigenvalue weighted by Gasteiger charge is -2.20. The van der Waals surface area contributed by atoms with Crippen LogP contribution in [0.4, 0.5) is 0 Å². The first-order chi connectivity index (χ1) is 11.6. The second-order valence-corrected chi connectivity index (χ2v) is 10.4. The molecule has 25 heavy (non-hydrogen) atoms. The van der Waals surface area contributed by atoms with E-state index in [4.69, 9.17) is 0 Å². The molecule has 0 bridgehead atoms. The maximum atomic E-state index is 2.47. The third kappa shape index (κ3) is 6.46. The molecule has 0 aromatic heterocycles. The van der Waals surface area contributed by atoms with Crippen molar-refractivity contribution in [3.8, 4) is 0 Å². The molecule has 0 amide bonds. The van der Waals surface area contributed by atoms with Crippen LogP contribution >= 0.6 is 0 Å². The minimum atomic E-state index is 0.472. The Morgan fingerprint density at radius 3 is 2.04 bits per heavy atom. The second-order valence-electron chi connectivity index (χ2n) is 10.4. The van der Waals surface area contributed by atoms with Gasteiger partial charge in [-0.15, -0.1) is 0 Å². The molecule has 1 aromatic rings. The standard InChI is InChI=1S/C25H42/c1-19-18-20(2)22(12-9-11-15-25(7)16-17-25)23(21(19)3)13-8-10-14-24(4,5)6/h18H,8-17H2,1-7H3. The Balaban J connectivity index is 1.97. The SMILES string of the molecule is Cc1cc(C)c(CCCCC2(C)CC2)c(CCCCC(C)(C)C)c1C. The molecular weight excluding hydrogens is 300 g/mol. The Bertz CT molecular complexity index is 567. The number of unbranched alkanes of at least 4 members (excludes halogenated alkanes) is 2. The highest BCUT2D eigenvalue weighted by Gasteiger charge is 2.35. The molecule has 0 nitrogen and oxygen atoms in total. The van der Waals surface area contributed by atoms with Crippen LogP contribution in [0.25, 0.3) is 0 Å². The molecule has 0 spiro atoms. The van der Waals surface area contributed by atoms with Crippen molar-refractivity contribution >= 4 is 0 Å². The molecule has 0 atom stereocenters. The fraction of sp³-hybridized carbons (Fsp3) is 0.760. The Morgan fingerprint density at radius 2 is 1.44 bits per heavy atom. The zero-order valence-electron chi connectivity index (χ0n) is 18.1. The number of hydrogen-bond donors (Lipinski definition) is 0. The first kappa shape index (κ1) is 20.5. The Hall–Kier alpha value is -0.780. The van der Waals surface area contributed by atoms with E-state index in [2.05, 4.69) is 54.5 Å². The highest BCUT2D eigenvalue weighted by Crippen LogP contribution is 2.49. The van der Waals surface area contributed by atoms with E-state index in [1.807, 2.05) is 0 Å². The highest BCUT2D eigenvalue weighted by molar-refractivity contribution is 5.45. The summed E-state index contributed by atoms with van der Waals surface area (Å²) in [6.45, 7) is 16.5. The van der Waals surface area contributed by atoms with Gasteiger partial charge in [-0.05, 0) is 111 Å². The lowest BCUT2D eigenvalue weighted by atomic mass is 9.85. The molecule has 0 radical (unpaired) electrons. The summed E-state index contributed by atoms with van der Waals surface area (Å²) in [5.74, 6) is 0. The predicted molar refractivity (Wildman–Crippen MR) is 113 cm³/mol. The third-order valence-electron chi connectivity index (χ3n) is 6.48. The van der Waals surface area contributed by atoms with Crippen LogP contribution in [0.15, 0.2) is 6.07 Å². The van der Waals surface area contributed by atoms with Crippen molar-refractivity contribution in [2.45, 2.75) is 113 Å². The Labute approximate surface area is 157 Å². The highest BCUT2D eigenvalue weighted by atomic mass is 14.4. The average molecular weight is 343 g/mol. The molecule has 0 heteroatoms. The van der Waals surface area contributed by atoms with Gasteiger partial charge in [0.05, 0.1) is 0 Å². The minimum absolute atomic E-state index is 0.472. The Morgan fingerprint density at radius 1 is 0.840 bits per heavy atom. The lowest BCUT2D eigenvalue weighted by molar-refractivity contribution is 0.360. The topological polar surface area (TPSA) is 0 Å². The minimum Gasteiger partial charge on any atom is -0.0602 e. The first-order valence-corrected chi connectivity index (χ1v) is 10.7. The molecule has 2 rings (SSSR count). The lowest BCUT2D eigenvalue weighted by Crippen LogP contribution is -2.07. The molecule has 1 saturated carbocycles. The van der Waals surface area contributed by atoms with Crippen LogP contribution in [0, 0.1) is 31.6 Å². The van der Waals surface area contributed by atoms with Gasteiger partial charge in [0.25, 0.3) is 0 Å². The van der Waals surface area contributed by atoms with Gasteiger partial charge in [-0.2, -0.15) is 0 Å². The molecule has 1 fully saturated rings. The van der Waals surface area contributed by atoms with E-state index < -0.39 is 0 Å². The fourth-order valence-corrected chi connectivity index (χ4v) is 4.18. The molecule has 1 aliphatic rings. The predicted octanol–water partition coefficient (Wildman–Crippen LogP) is 7.88. The largest absolute Gasteiger partial charge is 0.0602 e. The molecular formula is C25H42. The van der Waals surface area contributed by atoms with E-state index >= 15 is 0 Å². The number of hydrogen-bond acceptors (Lipinski definition) is 0. The summed E-state index contributed by atoms with van der Waals surface area (Å²) in [5, 5.41) is 0. The summed E-state index contributed by atoms with van der Waals surface area (Å²) in [5.41, 5.74) is 9.13. The molecule has 1 aliphatic carbocycles. The van der Waals surface area contributed by atoms with Gasteiger partial charge in [-0.1, -0.05) is 46.6 Å². The van der Waals surface area contributed by atoms with Gasteiger partial charge in [0, 0.05) is 0 Å². The van der Waals surface area contributed by atoms with Gasteiger partial charge in [0.1, 0.15) is 0 Å². The molecule has 142 valence electrons. The average Bonchev–Trinajstić information content (AvgIpc) is 3.23. The summed E-state index contributed by atoms with van der Waals surface area (Å²) >= 11 is 0. The van der Waals surface area contributed by atoms with E-state index in [9.17, 15) is 0 Å². The summed E-state index contributed by atoms with van der Waals surface area (Å²) in [7, 11) is 0. The molecule has 0 saturated heterocycles. The summed E-state index contributed by atoms with van der Waals surface area (Å²) < 4.78 is 0. The monoisotopic (exact) mass is 342 g/mol. The van der Waals surface area contributed by atoms with Crippen molar-refractivity contribution in [2.24, 2.45) is 10.8 Å². The van der Waals surface area contributed by atoms with E-state index in [1.165, 1.54) is 75.3 Å². The van der Waals surface area contributed by atoms with Crippen LogP contribution in [0.5, 0.6) is 0 Å². The van der Waals surface area contributed by atoms with Crippen molar-refractivity contribution in [3.05, 3.63) is 33.9 Å². The fourth-order valence-electron chi connectivity index (χ4n) is 4.18. The summed E-state index contributed by atoms with van der Waals surface area (Å²) in [6, 6.07) is 2.42.